The fourth-order valence-corrected chi connectivity index (χ4v) is 3.14. The lowest BCUT2D eigenvalue weighted by atomic mass is 9.92. The summed E-state index contributed by atoms with van der Waals surface area (Å²) in [6.07, 6.45) is 13.4. The summed E-state index contributed by atoms with van der Waals surface area (Å²) in [5.41, 5.74) is 2.06. The van der Waals surface area contributed by atoms with Crippen LogP contribution in [0.25, 0.3) is 5.57 Å². The van der Waals surface area contributed by atoms with Crippen LogP contribution in [0.5, 0.6) is 0 Å². The molecule has 2 aliphatic rings. The molecule has 0 radical (unpaired) electrons. The maximum Gasteiger partial charge on any atom is 0.0872 e. The highest BCUT2D eigenvalue weighted by atomic mass is 16.5. The molecule has 0 N–H and O–H groups in total. The van der Waals surface area contributed by atoms with Gasteiger partial charge in [0.05, 0.1) is 17.9 Å². The first-order valence-corrected chi connectivity index (χ1v) is 8.42. The van der Waals surface area contributed by atoms with E-state index in [1.165, 1.54) is 37.9 Å². The second-order valence-electron chi connectivity index (χ2n) is 6.48. The van der Waals surface area contributed by atoms with Crippen molar-refractivity contribution in [3.63, 3.8) is 0 Å². The molecule has 22 heavy (non-hydrogen) atoms. The minimum atomic E-state index is -0.173. The molecule has 1 aromatic heterocycles. The number of nitrogens with zero attached hydrogens (tertiary/aromatic N) is 2. The van der Waals surface area contributed by atoms with E-state index in [0.29, 0.717) is 0 Å². The molecule has 3 nitrogen and oxygen atoms in total. The minimum absolute atomic E-state index is 0.173. The van der Waals surface area contributed by atoms with E-state index < -0.39 is 0 Å². The van der Waals surface area contributed by atoms with Gasteiger partial charge in [0, 0.05) is 12.7 Å². The van der Waals surface area contributed by atoms with Gasteiger partial charge in [0.1, 0.15) is 0 Å². The average Bonchev–Trinajstić information content (AvgIpc) is 2.57. The molecule has 0 aromatic carbocycles. The number of hydrogen-bond acceptors (Lipinski definition) is 3. The summed E-state index contributed by atoms with van der Waals surface area (Å²) < 4.78 is 6.16. The Morgan fingerprint density at radius 3 is 2.77 bits per heavy atom. The number of hydrogen-bond donors (Lipinski definition) is 0. The summed E-state index contributed by atoms with van der Waals surface area (Å²) in [7, 11) is 0. The maximum absolute atomic E-state index is 6.16. The zero-order chi connectivity index (χ0) is 15.3. The molecule has 1 fully saturated rings. The van der Waals surface area contributed by atoms with Gasteiger partial charge in [-0.2, -0.15) is 0 Å². The molecular formula is C19H26N2O. The number of piperidine rings is 1. The molecule has 0 amide bonds. The molecule has 1 saturated heterocycles. The molecule has 1 aromatic rings. The summed E-state index contributed by atoms with van der Waals surface area (Å²) in [6.45, 7) is 6.51. The van der Waals surface area contributed by atoms with Gasteiger partial charge >= 0.3 is 0 Å². The average molecular weight is 298 g/mol. The van der Waals surface area contributed by atoms with Gasteiger partial charge < -0.3 is 9.64 Å². The molecule has 1 unspecified atom stereocenters. The number of pyridine rings is 1. The number of ether oxygens (including phenoxy) is 1. The number of rotatable bonds is 5. The van der Waals surface area contributed by atoms with Crippen molar-refractivity contribution >= 4 is 5.57 Å². The van der Waals surface area contributed by atoms with E-state index >= 15 is 0 Å². The summed E-state index contributed by atoms with van der Waals surface area (Å²) in [5, 5.41) is 0. The van der Waals surface area contributed by atoms with Gasteiger partial charge in [0.15, 0.2) is 0 Å². The monoisotopic (exact) mass is 298 g/mol. The summed E-state index contributed by atoms with van der Waals surface area (Å²) >= 11 is 0. The van der Waals surface area contributed by atoms with E-state index in [1.807, 2.05) is 18.3 Å². The van der Waals surface area contributed by atoms with Gasteiger partial charge in [0.25, 0.3) is 0 Å². The van der Waals surface area contributed by atoms with E-state index in [2.05, 4.69) is 41.1 Å². The van der Waals surface area contributed by atoms with Crippen molar-refractivity contribution in [2.45, 2.75) is 38.2 Å². The van der Waals surface area contributed by atoms with Crippen molar-refractivity contribution < 1.29 is 4.74 Å². The van der Waals surface area contributed by atoms with Crippen molar-refractivity contribution in [2.75, 3.05) is 26.2 Å². The van der Waals surface area contributed by atoms with Crippen LogP contribution in [-0.2, 0) is 4.74 Å². The van der Waals surface area contributed by atoms with Gasteiger partial charge in [-0.3, -0.25) is 4.98 Å². The van der Waals surface area contributed by atoms with E-state index in [4.69, 9.17) is 4.74 Å². The van der Waals surface area contributed by atoms with Crippen molar-refractivity contribution in [3.05, 3.63) is 48.3 Å². The molecule has 118 valence electrons. The van der Waals surface area contributed by atoms with Gasteiger partial charge in [-0.1, -0.05) is 30.7 Å². The van der Waals surface area contributed by atoms with Crippen LogP contribution < -0.4 is 0 Å². The van der Waals surface area contributed by atoms with Crippen LogP contribution in [-0.4, -0.2) is 41.7 Å². The minimum Gasteiger partial charge on any atom is -0.370 e. The molecular weight excluding hydrogens is 272 g/mol. The zero-order valence-corrected chi connectivity index (χ0v) is 13.5. The molecule has 2 heterocycles. The fourth-order valence-electron chi connectivity index (χ4n) is 3.14. The Hall–Kier alpha value is -1.45. The number of allylic oxidation sites excluding steroid dienone is 2. The molecule has 3 heteroatoms. The van der Waals surface area contributed by atoms with Crippen LogP contribution >= 0.6 is 0 Å². The summed E-state index contributed by atoms with van der Waals surface area (Å²) in [5.74, 6) is 0. The van der Waals surface area contributed by atoms with E-state index in [0.717, 1.165) is 25.3 Å². The Bertz CT molecular complexity index is 532. The molecule has 0 saturated carbocycles. The number of likely N-dealkylation sites (tertiary alicyclic amines) is 1. The first-order valence-electron chi connectivity index (χ1n) is 8.42. The van der Waals surface area contributed by atoms with Crippen LogP contribution in [0.1, 0.15) is 38.3 Å². The first-order chi connectivity index (χ1) is 10.8. The third-order valence-corrected chi connectivity index (χ3v) is 4.59. The van der Waals surface area contributed by atoms with E-state index in [9.17, 15) is 0 Å². The Morgan fingerprint density at radius 2 is 2.09 bits per heavy atom. The second-order valence-corrected chi connectivity index (χ2v) is 6.48. The fraction of sp³-hybridized carbons (Fsp3) is 0.526. The van der Waals surface area contributed by atoms with Gasteiger partial charge in [-0.25, -0.2) is 0 Å². The Balaban J connectivity index is 1.49. The lowest BCUT2D eigenvalue weighted by molar-refractivity contribution is -0.00568. The number of aromatic nitrogens is 1. The first kappa shape index (κ1) is 15.4. The Morgan fingerprint density at radius 1 is 1.23 bits per heavy atom. The van der Waals surface area contributed by atoms with Crippen LogP contribution in [0.15, 0.2) is 42.6 Å². The Kier molecular flexibility index (Phi) is 5.06. The van der Waals surface area contributed by atoms with Crippen LogP contribution in [0.3, 0.4) is 0 Å². The van der Waals surface area contributed by atoms with Gasteiger partial charge in [-0.15, -0.1) is 0 Å². The normalized spacial score (nSPS) is 26.0. The van der Waals surface area contributed by atoms with Crippen molar-refractivity contribution in [3.8, 4) is 0 Å². The van der Waals surface area contributed by atoms with Crippen molar-refractivity contribution in [1.29, 1.82) is 0 Å². The van der Waals surface area contributed by atoms with Crippen molar-refractivity contribution in [2.24, 2.45) is 0 Å². The maximum atomic E-state index is 6.16. The van der Waals surface area contributed by atoms with Gasteiger partial charge in [-0.05, 0) is 57.0 Å². The quantitative estimate of drug-likeness (QED) is 0.829. The van der Waals surface area contributed by atoms with Crippen LogP contribution in [0.4, 0.5) is 0 Å². The van der Waals surface area contributed by atoms with Crippen molar-refractivity contribution in [1.82, 2.24) is 9.88 Å². The zero-order valence-electron chi connectivity index (χ0n) is 13.5. The molecule has 0 bridgehead atoms. The largest absolute Gasteiger partial charge is 0.370 e. The third-order valence-electron chi connectivity index (χ3n) is 4.59. The topological polar surface area (TPSA) is 25.4 Å². The highest BCUT2D eigenvalue weighted by Gasteiger charge is 2.24. The van der Waals surface area contributed by atoms with E-state index in [1.54, 1.807) is 0 Å². The van der Waals surface area contributed by atoms with Crippen LogP contribution in [0, 0.1) is 0 Å². The lowest BCUT2D eigenvalue weighted by Crippen LogP contribution is -2.36. The third kappa shape index (κ3) is 4.05. The molecule has 1 atom stereocenters. The summed E-state index contributed by atoms with van der Waals surface area (Å²) in [4.78, 5) is 6.93. The van der Waals surface area contributed by atoms with Crippen LogP contribution in [0.2, 0.25) is 0 Å². The molecule has 3 rings (SSSR count). The predicted molar refractivity (Wildman–Crippen MR) is 90.6 cm³/mol. The highest BCUT2D eigenvalue weighted by molar-refractivity contribution is 5.73. The molecule has 0 spiro atoms. The lowest BCUT2D eigenvalue weighted by Gasteiger charge is -2.31. The SMILES string of the molecule is CC1(OCCN2CCCCC2)C=CC(c2ccccn2)=CC1. The van der Waals surface area contributed by atoms with Gasteiger partial charge in [0.2, 0.25) is 0 Å². The predicted octanol–water partition coefficient (Wildman–Crippen LogP) is 3.69. The molecule has 1 aliphatic heterocycles. The molecule has 1 aliphatic carbocycles. The van der Waals surface area contributed by atoms with E-state index in [-0.39, 0.29) is 5.60 Å². The second kappa shape index (κ2) is 7.21. The smallest absolute Gasteiger partial charge is 0.0872 e. The Labute approximate surface area is 133 Å². The highest BCUT2D eigenvalue weighted by Crippen LogP contribution is 2.28. The standard InChI is InChI=1S/C19H26N2O/c1-19(22-16-15-21-13-5-2-6-14-21)10-8-17(9-11-19)18-7-3-4-12-20-18/h3-4,7-10,12H,2,5-6,11,13-16H2,1H3. The summed E-state index contributed by atoms with van der Waals surface area (Å²) in [6, 6.07) is 6.03.